The molecule has 0 fully saturated rings. The predicted molar refractivity (Wildman–Crippen MR) is 79.0 cm³/mol. The van der Waals surface area contributed by atoms with E-state index < -0.39 is 0 Å². The van der Waals surface area contributed by atoms with Gasteiger partial charge in [-0.3, -0.25) is 0 Å². The number of halogens is 2. The summed E-state index contributed by atoms with van der Waals surface area (Å²) in [5, 5.41) is 0. The maximum Gasteiger partial charge on any atom is 0.0604 e. The Morgan fingerprint density at radius 3 is 2.44 bits per heavy atom. The van der Waals surface area contributed by atoms with Gasteiger partial charge in [0.05, 0.1) is 3.39 Å². The third-order valence-corrected chi connectivity index (χ3v) is 2.55. The molecule has 0 saturated heterocycles. The molecule has 0 aliphatic rings. The zero-order valence-electron chi connectivity index (χ0n) is 8.94. The molecule has 2 heteroatoms. The Kier molecular flexibility index (Phi) is 7.19. The maximum absolute atomic E-state index is 3.29. The molecule has 0 spiro atoms. The van der Waals surface area contributed by atoms with Gasteiger partial charge in [0.25, 0.3) is 0 Å². The second kappa shape index (κ2) is 8.54. The van der Waals surface area contributed by atoms with Crippen LogP contribution in [0.5, 0.6) is 0 Å². The van der Waals surface area contributed by atoms with E-state index >= 15 is 0 Å². The molecule has 0 aliphatic carbocycles. The van der Waals surface area contributed by atoms with E-state index in [1.54, 1.807) is 0 Å². The third-order valence-electron chi connectivity index (χ3n) is 2.02. The van der Waals surface area contributed by atoms with Crippen LogP contribution in [0.15, 0.2) is 64.1 Å². The Labute approximate surface area is 114 Å². The van der Waals surface area contributed by atoms with Crippen LogP contribution >= 0.6 is 31.9 Å². The van der Waals surface area contributed by atoms with Crippen molar-refractivity contribution >= 4 is 31.9 Å². The van der Waals surface area contributed by atoms with Crippen LogP contribution in [-0.2, 0) is 6.42 Å². The third kappa shape index (κ3) is 6.81. The van der Waals surface area contributed by atoms with E-state index in [1.807, 2.05) is 24.3 Å². The van der Waals surface area contributed by atoms with Crippen molar-refractivity contribution in [2.45, 2.75) is 12.8 Å². The van der Waals surface area contributed by atoms with Crippen LogP contribution in [0.3, 0.4) is 0 Å². The van der Waals surface area contributed by atoms with Gasteiger partial charge in [-0.2, -0.15) is 0 Å². The van der Waals surface area contributed by atoms with Crippen LogP contribution < -0.4 is 0 Å². The van der Waals surface area contributed by atoms with E-state index in [1.165, 1.54) is 5.56 Å². The lowest BCUT2D eigenvalue weighted by Crippen LogP contribution is -1.80. The summed E-state index contributed by atoms with van der Waals surface area (Å²) in [7, 11) is 0. The Hall–Kier alpha value is -0.600. The SMILES string of the molecule is BrC(Br)=C/C=C/C=C/CCc1ccccc1. The average molecular weight is 342 g/mol. The molecular weight excluding hydrogens is 328 g/mol. The van der Waals surface area contributed by atoms with Crippen LogP contribution in [0.25, 0.3) is 0 Å². The van der Waals surface area contributed by atoms with Crippen LogP contribution in [0.2, 0.25) is 0 Å². The fraction of sp³-hybridized carbons (Fsp3) is 0.143. The first-order valence-electron chi connectivity index (χ1n) is 5.17. The van der Waals surface area contributed by atoms with Gasteiger partial charge in [0.2, 0.25) is 0 Å². The lowest BCUT2D eigenvalue weighted by Gasteiger charge is -1.95. The summed E-state index contributed by atoms with van der Waals surface area (Å²) < 4.78 is 0.953. The first-order chi connectivity index (χ1) is 7.79. The summed E-state index contributed by atoms with van der Waals surface area (Å²) in [6.45, 7) is 0. The highest BCUT2D eigenvalue weighted by Crippen LogP contribution is 2.12. The van der Waals surface area contributed by atoms with Gasteiger partial charge >= 0.3 is 0 Å². The Morgan fingerprint density at radius 1 is 1.00 bits per heavy atom. The van der Waals surface area contributed by atoms with Gasteiger partial charge in [-0.1, -0.05) is 54.6 Å². The summed E-state index contributed by atoms with van der Waals surface area (Å²) in [5.74, 6) is 0. The number of hydrogen-bond acceptors (Lipinski definition) is 0. The quantitative estimate of drug-likeness (QED) is 0.632. The highest BCUT2D eigenvalue weighted by Gasteiger charge is 1.86. The van der Waals surface area contributed by atoms with Crippen LogP contribution in [0.1, 0.15) is 12.0 Å². The minimum atomic E-state index is 0.953. The van der Waals surface area contributed by atoms with E-state index in [4.69, 9.17) is 0 Å². The van der Waals surface area contributed by atoms with Crippen LogP contribution in [0.4, 0.5) is 0 Å². The molecule has 0 bridgehead atoms. The zero-order chi connectivity index (χ0) is 11.6. The molecule has 0 saturated carbocycles. The summed E-state index contributed by atoms with van der Waals surface area (Å²) >= 11 is 6.58. The van der Waals surface area contributed by atoms with Crippen molar-refractivity contribution in [1.29, 1.82) is 0 Å². The number of allylic oxidation sites excluding steroid dienone is 5. The molecule has 0 aliphatic heterocycles. The summed E-state index contributed by atoms with van der Waals surface area (Å²) in [6, 6.07) is 10.5. The second-order valence-electron chi connectivity index (χ2n) is 3.29. The molecule has 0 radical (unpaired) electrons. The fourth-order valence-corrected chi connectivity index (χ4v) is 1.57. The molecule has 84 valence electrons. The van der Waals surface area contributed by atoms with Gasteiger partial charge in [-0.25, -0.2) is 0 Å². The first-order valence-corrected chi connectivity index (χ1v) is 6.76. The Bertz CT molecular complexity index is 371. The van der Waals surface area contributed by atoms with Gasteiger partial charge in [-0.15, -0.1) is 0 Å². The normalized spacial score (nSPS) is 11.1. The molecule has 1 aromatic rings. The van der Waals surface area contributed by atoms with Crippen molar-refractivity contribution in [2.75, 3.05) is 0 Å². The molecule has 1 rings (SSSR count). The summed E-state index contributed by atoms with van der Waals surface area (Å²) in [6.07, 6.45) is 12.4. The maximum atomic E-state index is 3.29. The molecule has 0 nitrogen and oxygen atoms in total. The van der Waals surface area contributed by atoms with E-state index in [2.05, 4.69) is 68.3 Å². The molecule has 16 heavy (non-hydrogen) atoms. The van der Waals surface area contributed by atoms with Crippen LogP contribution in [0, 0.1) is 0 Å². The number of aryl methyl sites for hydroxylation is 1. The largest absolute Gasteiger partial charge is 0.0842 e. The Morgan fingerprint density at radius 2 is 1.75 bits per heavy atom. The minimum Gasteiger partial charge on any atom is -0.0842 e. The smallest absolute Gasteiger partial charge is 0.0604 e. The number of benzene rings is 1. The summed E-state index contributed by atoms with van der Waals surface area (Å²) in [4.78, 5) is 0. The minimum absolute atomic E-state index is 0.953. The van der Waals surface area contributed by atoms with Gasteiger partial charge in [0, 0.05) is 0 Å². The van der Waals surface area contributed by atoms with Gasteiger partial charge in [0.15, 0.2) is 0 Å². The number of hydrogen-bond donors (Lipinski definition) is 0. The van der Waals surface area contributed by atoms with Gasteiger partial charge in [-0.05, 0) is 56.3 Å². The fourth-order valence-electron chi connectivity index (χ4n) is 1.26. The van der Waals surface area contributed by atoms with Gasteiger partial charge in [0.1, 0.15) is 0 Å². The van der Waals surface area contributed by atoms with Crippen molar-refractivity contribution in [3.63, 3.8) is 0 Å². The highest BCUT2D eigenvalue weighted by molar-refractivity contribution is 9.28. The lowest BCUT2D eigenvalue weighted by atomic mass is 10.1. The predicted octanol–water partition coefficient (Wildman–Crippen LogP) is 5.36. The van der Waals surface area contributed by atoms with Crippen LogP contribution in [-0.4, -0.2) is 0 Å². The Balaban J connectivity index is 2.23. The average Bonchev–Trinajstić information content (AvgIpc) is 2.29. The van der Waals surface area contributed by atoms with E-state index in [0.29, 0.717) is 0 Å². The molecule has 0 atom stereocenters. The first kappa shape index (κ1) is 13.5. The van der Waals surface area contributed by atoms with Crippen molar-refractivity contribution < 1.29 is 0 Å². The molecule has 0 heterocycles. The molecular formula is C14H14Br2. The zero-order valence-corrected chi connectivity index (χ0v) is 12.1. The van der Waals surface area contributed by atoms with E-state index in [9.17, 15) is 0 Å². The topological polar surface area (TPSA) is 0 Å². The van der Waals surface area contributed by atoms with E-state index in [-0.39, 0.29) is 0 Å². The van der Waals surface area contributed by atoms with Crippen molar-refractivity contribution in [3.05, 3.63) is 69.7 Å². The monoisotopic (exact) mass is 340 g/mol. The molecule has 0 amide bonds. The van der Waals surface area contributed by atoms with Gasteiger partial charge < -0.3 is 0 Å². The lowest BCUT2D eigenvalue weighted by molar-refractivity contribution is 1.00. The standard InChI is InChI=1S/C14H14Br2/c15-14(16)12-8-3-1-2-5-9-13-10-6-4-7-11-13/h1-4,6-8,10-12H,5,9H2/b2-1+,8-3+. The van der Waals surface area contributed by atoms with Crippen molar-refractivity contribution in [1.82, 2.24) is 0 Å². The highest BCUT2D eigenvalue weighted by atomic mass is 79.9. The second-order valence-corrected chi connectivity index (χ2v) is 6.07. The van der Waals surface area contributed by atoms with Crippen molar-refractivity contribution in [3.8, 4) is 0 Å². The molecule has 1 aromatic carbocycles. The molecule has 0 aromatic heterocycles. The molecule has 0 N–H and O–H groups in total. The summed E-state index contributed by atoms with van der Waals surface area (Å²) in [5.41, 5.74) is 1.39. The van der Waals surface area contributed by atoms with E-state index in [0.717, 1.165) is 16.2 Å². The number of rotatable bonds is 5. The van der Waals surface area contributed by atoms with Crippen molar-refractivity contribution in [2.24, 2.45) is 0 Å². The molecule has 0 unspecified atom stereocenters.